The second-order valence-electron chi connectivity index (χ2n) is 5.72. The summed E-state index contributed by atoms with van der Waals surface area (Å²) in [6.07, 6.45) is 3.44. The molecule has 0 spiro atoms. The number of nitrogens with two attached hydrogens (primary N) is 1. The fourth-order valence-electron chi connectivity index (χ4n) is 2.66. The number of nitrogens with zero attached hydrogens (tertiary/aromatic N) is 1. The van der Waals surface area contributed by atoms with Gasteiger partial charge < -0.3 is 15.4 Å². The Morgan fingerprint density at radius 2 is 2.00 bits per heavy atom. The third-order valence-corrected chi connectivity index (χ3v) is 4.02. The van der Waals surface area contributed by atoms with Crippen LogP contribution in [0.4, 0.5) is 0 Å². The molecule has 0 saturated heterocycles. The Kier molecular flexibility index (Phi) is 5.01. The van der Waals surface area contributed by atoms with Gasteiger partial charge in [0.05, 0.1) is 7.11 Å². The van der Waals surface area contributed by atoms with Crippen LogP contribution in [-0.4, -0.2) is 37.6 Å². The minimum atomic E-state index is 0.210. The highest BCUT2D eigenvalue weighted by Gasteiger charge is 2.27. The van der Waals surface area contributed by atoms with Gasteiger partial charge >= 0.3 is 0 Å². The van der Waals surface area contributed by atoms with Gasteiger partial charge in [-0.2, -0.15) is 0 Å². The van der Waals surface area contributed by atoms with Crippen LogP contribution in [0.5, 0.6) is 5.75 Å². The van der Waals surface area contributed by atoms with E-state index in [1.165, 1.54) is 5.56 Å². The number of benzene rings is 1. The zero-order valence-corrected chi connectivity index (χ0v) is 12.3. The highest BCUT2D eigenvalue weighted by molar-refractivity contribution is 5.76. The van der Waals surface area contributed by atoms with Gasteiger partial charge in [-0.3, -0.25) is 4.79 Å². The van der Waals surface area contributed by atoms with E-state index in [-0.39, 0.29) is 5.91 Å². The van der Waals surface area contributed by atoms with Crippen LogP contribution < -0.4 is 10.5 Å². The van der Waals surface area contributed by atoms with Crippen LogP contribution in [0.25, 0.3) is 0 Å². The largest absolute Gasteiger partial charge is 0.497 e. The lowest BCUT2D eigenvalue weighted by Gasteiger charge is -2.35. The second-order valence-corrected chi connectivity index (χ2v) is 5.72. The number of rotatable bonds is 6. The fourth-order valence-corrected chi connectivity index (χ4v) is 2.66. The summed E-state index contributed by atoms with van der Waals surface area (Å²) in [6.45, 7) is 0.842. The van der Waals surface area contributed by atoms with Crippen molar-refractivity contribution in [2.24, 2.45) is 11.7 Å². The van der Waals surface area contributed by atoms with Crippen LogP contribution in [0.15, 0.2) is 24.3 Å². The molecule has 0 heterocycles. The molecule has 20 heavy (non-hydrogen) atoms. The number of amides is 1. The summed E-state index contributed by atoms with van der Waals surface area (Å²) in [5.41, 5.74) is 6.93. The second kappa shape index (κ2) is 6.75. The maximum absolute atomic E-state index is 12.1. The molecule has 1 fully saturated rings. The van der Waals surface area contributed by atoms with Gasteiger partial charge in [-0.05, 0) is 42.9 Å². The first-order valence-electron chi connectivity index (χ1n) is 7.21. The molecule has 0 unspecified atom stereocenters. The molecule has 1 aromatic carbocycles. The molecule has 1 aromatic rings. The number of hydrogen-bond acceptors (Lipinski definition) is 3. The molecule has 1 aliphatic rings. The van der Waals surface area contributed by atoms with E-state index in [0.717, 1.165) is 31.6 Å². The highest BCUT2D eigenvalue weighted by Crippen LogP contribution is 2.26. The summed E-state index contributed by atoms with van der Waals surface area (Å²) >= 11 is 0. The number of aryl methyl sites for hydroxylation is 1. The predicted octanol–water partition coefficient (Wildman–Crippen LogP) is 1.82. The average Bonchev–Trinajstić information content (AvgIpc) is 2.43. The van der Waals surface area contributed by atoms with Crippen molar-refractivity contribution in [3.8, 4) is 5.75 Å². The van der Waals surface area contributed by atoms with Crippen molar-refractivity contribution in [3.63, 3.8) is 0 Å². The molecule has 1 amide bonds. The van der Waals surface area contributed by atoms with E-state index in [2.05, 4.69) is 0 Å². The Morgan fingerprint density at radius 3 is 2.55 bits per heavy atom. The maximum Gasteiger partial charge on any atom is 0.222 e. The van der Waals surface area contributed by atoms with Crippen LogP contribution in [0, 0.1) is 5.92 Å². The van der Waals surface area contributed by atoms with E-state index in [1.54, 1.807) is 7.11 Å². The van der Waals surface area contributed by atoms with Gasteiger partial charge in [0.25, 0.3) is 0 Å². The van der Waals surface area contributed by atoms with Crippen molar-refractivity contribution < 1.29 is 9.53 Å². The molecule has 1 saturated carbocycles. The molecule has 110 valence electrons. The minimum Gasteiger partial charge on any atom is -0.497 e. The smallest absolute Gasteiger partial charge is 0.222 e. The Labute approximate surface area is 120 Å². The summed E-state index contributed by atoms with van der Waals surface area (Å²) < 4.78 is 5.12. The maximum atomic E-state index is 12.1. The third kappa shape index (κ3) is 3.97. The Hall–Kier alpha value is -1.55. The fraction of sp³-hybridized carbons (Fsp3) is 0.562. The van der Waals surface area contributed by atoms with E-state index in [9.17, 15) is 4.79 Å². The van der Waals surface area contributed by atoms with Gasteiger partial charge in [-0.1, -0.05) is 12.1 Å². The molecule has 2 N–H and O–H groups in total. The van der Waals surface area contributed by atoms with E-state index in [4.69, 9.17) is 10.5 Å². The van der Waals surface area contributed by atoms with Gasteiger partial charge in [0.15, 0.2) is 0 Å². The van der Waals surface area contributed by atoms with Crippen LogP contribution in [0.1, 0.15) is 24.8 Å². The van der Waals surface area contributed by atoms with Crippen molar-refractivity contribution in [2.45, 2.75) is 31.7 Å². The normalized spacial score (nSPS) is 21.1. The first kappa shape index (κ1) is 14.9. The molecule has 4 nitrogen and oxygen atoms in total. The molecular weight excluding hydrogens is 252 g/mol. The van der Waals surface area contributed by atoms with E-state index >= 15 is 0 Å². The molecule has 4 heteroatoms. The van der Waals surface area contributed by atoms with Crippen LogP contribution in [-0.2, 0) is 11.2 Å². The molecule has 0 aliphatic heterocycles. The van der Waals surface area contributed by atoms with Crippen LogP contribution >= 0.6 is 0 Å². The number of methoxy groups -OCH3 is 1. The van der Waals surface area contributed by atoms with Gasteiger partial charge in [0.1, 0.15) is 5.75 Å². The van der Waals surface area contributed by atoms with Crippen molar-refractivity contribution in [1.29, 1.82) is 0 Å². The van der Waals surface area contributed by atoms with Gasteiger partial charge in [0, 0.05) is 26.1 Å². The Bertz CT molecular complexity index is 438. The summed E-state index contributed by atoms with van der Waals surface area (Å²) in [4.78, 5) is 13.9. The number of ether oxygens (including phenoxy) is 1. The molecular formula is C16H24N2O2. The molecule has 2 rings (SSSR count). The quantitative estimate of drug-likeness (QED) is 0.862. The first-order valence-corrected chi connectivity index (χ1v) is 7.21. The standard InChI is InChI=1S/C16H24N2O2/c1-18(11-13-9-14(17)10-13)16(19)8-5-12-3-6-15(20-2)7-4-12/h3-4,6-7,13-14H,5,8-11,17H2,1-2H3. The van der Waals surface area contributed by atoms with Crippen molar-refractivity contribution in [3.05, 3.63) is 29.8 Å². The van der Waals surface area contributed by atoms with Crippen molar-refractivity contribution in [1.82, 2.24) is 4.90 Å². The SMILES string of the molecule is COc1ccc(CCC(=O)N(C)CC2CC(N)C2)cc1. The zero-order valence-electron chi connectivity index (χ0n) is 12.3. The molecule has 0 atom stereocenters. The van der Waals surface area contributed by atoms with Crippen molar-refractivity contribution in [2.75, 3.05) is 20.7 Å². The lowest BCUT2D eigenvalue weighted by molar-refractivity contribution is -0.130. The van der Waals surface area contributed by atoms with Gasteiger partial charge in [-0.25, -0.2) is 0 Å². The lowest BCUT2D eigenvalue weighted by atomic mass is 9.80. The van der Waals surface area contributed by atoms with Crippen molar-refractivity contribution >= 4 is 5.91 Å². The van der Waals surface area contributed by atoms with Crippen LogP contribution in [0.2, 0.25) is 0 Å². The highest BCUT2D eigenvalue weighted by atomic mass is 16.5. The topological polar surface area (TPSA) is 55.6 Å². The summed E-state index contributed by atoms with van der Waals surface area (Å²) in [5, 5.41) is 0. The molecule has 0 bridgehead atoms. The molecule has 1 aliphatic carbocycles. The minimum absolute atomic E-state index is 0.210. The molecule has 0 radical (unpaired) electrons. The van der Waals surface area contributed by atoms with Crippen LogP contribution in [0.3, 0.4) is 0 Å². The Morgan fingerprint density at radius 1 is 1.35 bits per heavy atom. The summed E-state index contributed by atoms with van der Waals surface area (Å²) in [6, 6.07) is 8.23. The summed E-state index contributed by atoms with van der Waals surface area (Å²) in [7, 11) is 3.54. The summed E-state index contributed by atoms with van der Waals surface area (Å²) in [5.74, 6) is 1.65. The van der Waals surface area contributed by atoms with E-state index in [1.807, 2.05) is 36.2 Å². The Balaban J connectivity index is 1.73. The van der Waals surface area contributed by atoms with E-state index in [0.29, 0.717) is 18.4 Å². The van der Waals surface area contributed by atoms with Gasteiger partial charge in [0.2, 0.25) is 5.91 Å². The first-order chi connectivity index (χ1) is 9.58. The number of carbonyl (C=O) groups excluding carboxylic acids is 1. The molecule has 0 aromatic heterocycles. The third-order valence-electron chi connectivity index (χ3n) is 4.02. The zero-order chi connectivity index (χ0) is 14.5. The number of hydrogen-bond donors (Lipinski definition) is 1. The lowest BCUT2D eigenvalue weighted by Crippen LogP contribution is -2.43. The average molecular weight is 276 g/mol. The monoisotopic (exact) mass is 276 g/mol. The predicted molar refractivity (Wildman–Crippen MR) is 79.7 cm³/mol. The number of carbonyl (C=O) groups is 1. The van der Waals surface area contributed by atoms with E-state index < -0.39 is 0 Å². The van der Waals surface area contributed by atoms with Gasteiger partial charge in [-0.15, -0.1) is 0 Å².